The van der Waals surface area contributed by atoms with E-state index in [2.05, 4.69) is 10.2 Å². The van der Waals surface area contributed by atoms with E-state index in [0.29, 0.717) is 16.8 Å². The van der Waals surface area contributed by atoms with Crippen LogP contribution in [0.25, 0.3) is 0 Å². The van der Waals surface area contributed by atoms with Crippen molar-refractivity contribution in [2.45, 2.75) is 51.2 Å². The van der Waals surface area contributed by atoms with Gasteiger partial charge in [-0.25, -0.2) is 4.79 Å². The molecule has 1 saturated heterocycles. The highest BCUT2D eigenvalue weighted by molar-refractivity contribution is 6.06. The zero-order valence-corrected chi connectivity index (χ0v) is 16.9. The van der Waals surface area contributed by atoms with Crippen LogP contribution in [0.1, 0.15) is 58.0 Å². The van der Waals surface area contributed by atoms with Crippen LogP contribution in [-0.4, -0.2) is 36.4 Å². The number of benzene rings is 2. The molecule has 1 fully saturated rings. The third-order valence-corrected chi connectivity index (χ3v) is 6.39. The quantitative estimate of drug-likeness (QED) is 0.623. The van der Waals surface area contributed by atoms with Crippen LogP contribution in [0.2, 0.25) is 0 Å². The van der Waals surface area contributed by atoms with Gasteiger partial charge in [0.15, 0.2) is 6.10 Å². The second-order valence-electron chi connectivity index (χ2n) is 8.32. The fraction of sp³-hybridized carbons (Fsp3) is 0.375. The number of ketones is 1. The topological polar surface area (TPSA) is 75.7 Å². The molecular weight excluding hydrogens is 380 g/mol. The van der Waals surface area contributed by atoms with Crippen LogP contribution in [-0.2, 0) is 22.4 Å². The molecule has 2 aromatic rings. The van der Waals surface area contributed by atoms with Crippen molar-refractivity contribution in [2.24, 2.45) is 0 Å². The van der Waals surface area contributed by atoms with Crippen molar-refractivity contribution in [1.82, 2.24) is 0 Å². The monoisotopic (exact) mass is 404 g/mol. The first-order valence-electron chi connectivity index (χ1n) is 10.6. The van der Waals surface area contributed by atoms with E-state index in [-0.39, 0.29) is 17.7 Å². The number of carbonyl (C=O) groups is 3. The van der Waals surface area contributed by atoms with Gasteiger partial charge in [0, 0.05) is 12.1 Å². The number of fused-ring (bicyclic) bond motifs is 4. The maximum Gasteiger partial charge on any atom is 0.338 e. The molecule has 2 heterocycles. The summed E-state index contributed by atoms with van der Waals surface area (Å²) in [5.74, 6) is -0.813. The number of Topliss-reactive ketones (excluding diaryl/α,β-unsaturated/α-hetero) is 1. The summed E-state index contributed by atoms with van der Waals surface area (Å²) in [5.41, 5.74) is 4.95. The third-order valence-electron chi connectivity index (χ3n) is 6.39. The SMILES string of the molecule is C[C@H](OC(=O)c1ccc2c(c1)NC(=O)[C@H]1CCCN21)C(=O)c1ccc2c(c1)CCC2. The minimum Gasteiger partial charge on any atom is -0.451 e. The lowest BCUT2D eigenvalue weighted by Gasteiger charge is -2.33. The fourth-order valence-corrected chi connectivity index (χ4v) is 4.80. The number of aryl methyl sites for hydroxylation is 2. The molecule has 2 atom stereocenters. The zero-order valence-electron chi connectivity index (χ0n) is 16.9. The van der Waals surface area contributed by atoms with E-state index in [1.807, 2.05) is 24.3 Å². The van der Waals surface area contributed by atoms with Crippen LogP contribution in [0.5, 0.6) is 0 Å². The summed E-state index contributed by atoms with van der Waals surface area (Å²) in [6.45, 7) is 2.43. The van der Waals surface area contributed by atoms with Crippen molar-refractivity contribution in [3.05, 3.63) is 58.7 Å². The molecule has 0 aromatic heterocycles. The molecule has 1 N–H and O–H groups in total. The maximum atomic E-state index is 12.8. The lowest BCUT2D eigenvalue weighted by molar-refractivity contribution is -0.117. The molecule has 0 spiro atoms. The molecular formula is C24H24N2O4. The molecule has 1 amide bonds. The van der Waals surface area contributed by atoms with Gasteiger partial charge in [-0.1, -0.05) is 12.1 Å². The van der Waals surface area contributed by atoms with E-state index < -0.39 is 12.1 Å². The molecule has 5 rings (SSSR count). The van der Waals surface area contributed by atoms with Crippen LogP contribution in [0, 0.1) is 0 Å². The Morgan fingerprint density at radius 3 is 2.73 bits per heavy atom. The second-order valence-corrected chi connectivity index (χ2v) is 8.32. The first kappa shape index (κ1) is 18.9. The van der Waals surface area contributed by atoms with Crippen LogP contribution in [0.3, 0.4) is 0 Å². The average Bonchev–Trinajstić information content (AvgIpc) is 3.42. The number of esters is 1. The Hall–Kier alpha value is -3.15. The van der Waals surface area contributed by atoms with Gasteiger partial charge in [0.05, 0.1) is 16.9 Å². The van der Waals surface area contributed by atoms with Gasteiger partial charge >= 0.3 is 5.97 Å². The Morgan fingerprint density at radius 1 is 1.07 bits per heavy atom. The van der Waals surface area contributed by atoms with Crippen LogP contribution < -0.4 is 10.2 Å². The summed E-state index contributed by atoms with van der Waals surface area (Å²) < 4.78 is 5.46. The molecule has 6 heteroatoms. The predicted octanol–water partition coefficient (Wildman–Crippen LogP) is 3.52. The van der Waals surface area contributed by atoms with Crippen molar-refractivity contribution in [2.75, 3.05) is 16.8 Å². The minimum atomic E-state index is -0.884. The number of ether oxygens (including phenoxy) is 1. The standard InChI is InChI=1S/C24H24N2O4/c1-14(22(27)17-8-7-15-4-2-5-16(15)12-17)30-24(29)18-9-10-20-19(13-18)25-23(28)21-6-3-11-26(20)21/h7-10,12-14,21H,2-6,11H2,1H3,(H,25,28)/t14-,21+/m0/s1. The number of carbonyl (C=O) groups excluding carboxylic acids is 3. The molecule has 0 bridgehead atoms. The maximum absolute atomic E-state index is 12.8. The number of amides is 1. The fourth-order valence-electron chi connectivity index (χ4n) is 4.80. The Morgan fingerprint density at radius 2 is 1.87 bits per heavy atom. The Balaban J connectivity index is 1.31. The second kappa shape index (κ2) is 7.27. The Kier molecular flexibility index (Phi) is 4.57. The van der Waals surface area contributed by atoms with E-state index in [1.54, 1.807) is 19.1 Å². The highest BCUT2D eigenvalue weighted by Gasteiger charge is 2.36. The van der Waals surface area contributed by atoms with Crippen LogP contribution >= 0.6 is 0 Å². The van der Waals surface area contributed by atoms with Gasteiger partial charge in [0.25, 0.3) is 0 Å². The van der Waals surface area contributed by atoms with Gasteiger partial charge in [0.2, 0.25) is 11.7 Å². The van der Waals surface area contributed by atoms with E-state index in [1.165, 1.54) is 11.1 Å². The third kappa shape index (κ3) is 3.16. The summed E-state index contributed by atoms with van der Waals surface area (Å²) in [6.07, 6.45) is 4.10. The molecule has 3 aliphatic rings. The van der Waals surface area contributed by atoms with Crippen LogP contribution in [0.15, 0.2) is 36.4 Å². The molecule has 0 unspecified atom stereocenters. The van der Waals surface area contributed by atoms with Crippen molar-refractivity contribution >= 4 is 29.0 Å². The first-order valence-corrected chi connectivity index (χ1v) is 10.6. The smallest absolute Gasteiger partial charge is 0.338 e. The van der Waals surface area contributed by atoms with Gasteiger partial charge in [-0.15, -0.1) is 0 Å². The Labute approximate surface area is 175 Å². The van der Waals surface area contributed by atoms with Gasteiger partial charge < -0.3 is 15.0 Å². The van der Waals surface area contributed by atoms with E-state index >= 15 is 0 Å². The van der Waals surface area contributed by atoms with Gasteiger partial charge in [-0.2, -0.15) is 0 Å². The molecule has 0 radical (unpaired) electrons. The number of rotatable bonds is 4. The van der Waals surface area contributed by atoms with E-state index in [4.69, 9.17) is 4.74 Å². The molecule has 154 valence electrons. The minimum absolute atomic E-state index is 0.0364. The lowest BCUT2D eigenvalue weighted by atomic mass is 10.0. The van der Waals surface area contributed by atoms with Crippen molar-refractivity contribution in [3.63, 3.8) is 0 Å². The summed E-state index contributed by atoms with van der Waals surface area (Å²) in [4.78, 5) is 39.8. The number of anilines is 2. The number of hydrogen-bond donors (Lipinski definition) is 1. The molecule has 30 heavy (non-hydrogen) atoms. The summed E-state index contributed by atoms with van der Waals surface area (Å²) in [6, 6.07) is 10.8. The molecule has 0 saturated carbocycles. The summed E-state index contributed by atoms with van der Waals surface area (Å²) >= 11 is 0. The molecule has 2 aromatic carbocycles. The molecule has 2 aliphatic heterocycles. The number of hydrogen-bond acceptors (Lipinski definition) is 5. The van der Waals surface area contributed by atoms with Gasteiger partial charge in [-0.05, 0) is 74.4 Å². The summed E-state index contributed by atoms with van der Waals surface area (Å²) in [5, 5.41) is 2.90. The average molecular weight is 404 g/mol. The highest BCUT2D eigenvalue weighted by Crippen LogP contribution is 2.37. The van der Waals surface area contributed by atoms with Crippen molar-refractivity contribution in [3.8, 4) is 0 Å². The molecule has 1 aliphatic carbocycles. The van der Waals surface area contributed by atoms with Crippen LogP contribution in [0.4, 0.5) is 11.4 Å². The largest absolute Gasteiger partial charge is 0.451 e. The summed E-state index contributed by atoms with van der Waals surface area (Å²) in [7, 11) is 0. The van der Waals surface area contributed by atoms with Crippen molar-refractivity contribution < 1.29 is 19.1 Å². The van der Waals surface area contributed by atoms with Gasteiger partial charge in [0.1, 0.15) is 6.04 Å². The lowest BCUT2D eigenvalue weighted by Crippen LogP contribution is -2.43. The Bertz CT molecular complexity index is 1060. The predicted molar refractivity (Wildman–Crippen MR) is 113 cm³/mol. The van der Waals surface area contributed by atoms with Gasteiger partial charge in [-0.3, -0.25) is 9.59 Å². The number of nitrogens with one attached hydrogen (secondary N) is 1. The van der Waals surface area contributed by atoms with E-state index in [0.717, 1.165) is 44.3 Å². The van der Waals surface area contributed by atoms with Crippen molar-refractivity contribution in [1.29, 1.82) is 0 Å². The normalized spacial score (nSPS) is 20.1. The number of nitrogens with zero attached hydrogens (tertiary/aromatic N) is 1. The van der Waals surface area contributed by atoms with E-state index in [9.17, 15) is 14.4 Å². The highest BCUT2D eigenvalue weighted by atomic mass is 16.5. The zero-order chi connectivity index (χ0) is 20.8. The molecule has 6 nitrogen and oxygen atoms in total. The first-order chi connectivity index (χ1) is 14.5.